The van der Waals surface area contributed by atoms with Gasteiger partial charge in [-0.2, -0.15) is 0 Å². The summed E-state index contributed by atoms with van der Waals surface area (Å²) in [6.45, 7) is 3.85. The normalized spacial score (nSPS) is 15.3. The number of amides is 1. The Kier molecular flexibility index (Phi) is 5.12. The van der Waals surface area contributed by atoms with E-state index in [1.54, 1.807) is 0 Å². The third-order valence-corrected chi connectivity index (χ3v) is 6.88. The van der Waals surface area contributed by atoms with Crippen LogP contribution in [0.3, 0.4) is 0 Å². The molecule has 1 heterocycles. The highest BCUT2D eigenvalue weighted by Gasteiger charge is 2.26. The number of hydrogen-bond donors (Lipinski definition) is 1. The molecule has 0 spiro atoms. The summed E-state index contributed by atoms with van der Waals surface area (Å²) >= 11 is 0. The first-order valence-corrected chi connectivity index (χ1v) is 11.7. The molecule has 5 heteroatoms. The van der Waals surface area contributed by atoms with Gasteiger partial charge in [-0.15, -0.1) is 0 Å². The number of piperazine rings is 1. The van der Waals surface area contributed by atoms with Gasteiger partial charge in [-0.3, -0.25) is 14.5 Å². The van der Waals surface area contributed by atoms with Crippen molar-refractivity contribution in [3.05, 3.63) is 96.1 Å². The van der Waals surface area contributed by atoms with E-state index in [2.05, 4.69) is 39.4 Å². The molecule has 1 fully saturated rings. The van der Waals surface area contributed by atoms with E-state index >= 15 is 0 Å². The molecule has 0 bridgehead atoms. The molecule has 1 N–H and O–H groups in total. The topological polar surface area (TPSA) is 52.7 Å². The third kappa shape index (κ3) is 3.55. The molecule has 34 heavy (non-hydrogen) atoms. The summed E-state index contributed by atoms with van der Waals surface area (Å²) in [5, 5.41) is 4.93. The van der Waals surface area contributed by atoms with E-state index in [1.807, 2.05) is 60.7 Å². The Hall–Kier alpha value is -3.96. The minimum Gasteiger partial charge on any atom is -0.369 e. The van der Waals surface area contributed by atoms with E-state index in [0.29, 0.717) is 12.1 Å². The van der Waals surface area contributed by atoms with Crippen LogP contribution in [0.1, 0.15) is 15.9 Å². The number of fused-ring (bicyclic) bond motifs is 2. The van der Waals surface area contributed by atoms with Crippen molar-refractivity contribution in [2.45, 2.75) is 0 Å². The van der Waals surface area contributed by atoms with Crippen LogP contribution in [0, 0.1) is 0 Å². The largest absolute Gasteiger partial charge is 0.369 e. The van der Waals surface area contributed by atoms with Crippen LogP contribution in [0.2, 0.25) is 0 Å². The van der Waals surface area contributed by atoms with Crippen LogP contribution in [-0.2, 0) is 4.79 Å². The smallest absolute Gasteiger partial charge is 0.238 e. The van der Waals surface area contributed by atoms with Gasteiger partial charge in [0.05, 0.1) is 6.54 Å². The average molecular weight is 448 g/mol. The monoisotopic (exact) mass is 447 g/mol. The summed E-state index contributed by atoms with van der Waals surface area (Å²) in [6.07, 6.45) is 0. The zero-order valence-corrected chi connectivity index (χ0v) is 18.8. The van der Waals surface area contributed by atoms with Gasteiger partial charge >= 0.3 is 0 Å². The molecule has 4 aromatic rings. The molecule has 2 aliphatic rings. The molecule has 4 aromatic carbocycles. The maximum absolute atomic E-state index is 13.1. The molecule has 0 saturated carbocycles. The third-order valence-electron chi connectivity index (χ3n) is 6.88. The van der Waals surface area contributed by atoms with Gasteiger partial charge in [-0.1, -0.05) is 66.7 Å². The zero-order chi connectivity index (χ0) is 23.1. The predicted octanol–water partition coefficient (Wildman–Crippen LogP) is 4.81. The molecule has 1 aliphatic carbocycles. The predicted molar refractivity (Wildman–Crippen MR) is 137 cm³/mol. The second-order valence-corrected chi connectivity index (χ2v) is 8.91. The lowest BCUT2D eigenvalue weighted by Gasteiger charge is -2.35. The number of nitrogens with zero attached hydrogens (tertiary/aromatic N) is 2. The van der Waals surface area contributed by atoms with Gasteiger partial charge in [0.1, 0.15) is 0 Å². The molecule has 0 radical (unpaired) electrons. The molecule has 0 unspecified atom stereocenters. The van der Waals surface area contributed by atoms with Crippen molar-refractivity contribution >= 4 is 33.8 Å². The molecule has 1 amide bonds. The van der Waals surface area contributed by atoms with Crippen molar-refractivity contribution in [3.8, 4) is 11.1 Å². The van der Waals surface area contributed by atoms with E-state index in [1.165, 1.54) is 5.69 Å². The average Bonchev–Trinajstić information content (AvgIpc) is 2.89. The highest BCUT2D eigenvalue weighted by molar-refractivity contribution is 6.27. The fourth-order valence-corrected chi connectivity index (χ4v) is 5.19. The quantitative estimate of drug-likeness (QED) is 0.430. The van der Waals surface area contributed by atoms with Crippen molar-refractivity contribution in [2.75, 3.05) is 42.9 Å². The lowest BCUT2D eigenvalue weighted by molar-refractivity contribution is -0.117. The minimum atomic E-state index is -0.0311. The first-order valence-electron chi connectivity index (χ1n) is 11.7. The van der Waals surface area contributed by atoms with Crippen molar-refractivity contribution in [2.24, 2.45) is 0 Å². The summed E-state index contributed by atoms with van der Waals surface area (Å²) in [7, 11) is 0. The molecule has 6 rings (SSSR count). The van der Waals surface area contributed by atoms with Gasteiger partial charge in [0.15, 0.2) is 5.78 Å². The SMILES string of the molecule is O=C(CN1CCN(c2ccccc2)CC1)Nc1ccc2c3c(cccc13)C(=O)c1ccccc1-2. The van der Waals surface area contributed by atoms with Gasteiger partial charge in [-0.05, 0) is 29.3 Å². The van der Waals surface area contributed by atoms with Crippen LogP contribution in [0.15, 0.2) is 84.9 Å². The maximum atomic E-state index is 13.1. The van der Waals surface area contributed by atoms with Gasteiger partial charge in [-0.25, -0.2) is 0 Å². The lowest BCUT2D eigenvalue weighted by Crippen LogP contribution is -2.48. The number of nitrogens with one attached hydrogen (secondary N) is 1. The Morgan fingerprint density at radius 2 is 1.41 bits per heavy atom. The van der Waals surface area contributed by atoms with Crippen LogP contribution in [0.25, 0.3) is 21.9 Å². The molecule has 1 aliphatic heterocycles. The Bertz CT molecular complexity index is 1410. The molecule has 5 nitrogen and oxygen atoms in total. The lowest BCUT2D eigenvalue weighted by atomic mass is 9.82. The van der Waals surface area contributed by atoms with Crippen molar-refractivity contribution in [1.82, 2.24) is 4.90 Å². The number of para-hydroxylation sites is 1. The fraction of sp³-hybridized carbons (Fsp3) is 0.172. The number of rotatable bonds is 4. The summed E-state index contributed by atoms with van der Waals surface area (Å²) in [5.74, 6) is 0.00450. The Morgan fingerprint density at radius 1 is 0.706 bits per heavy atom. The van der Waals surface area contributed by atoms with E-state index in [9.17, 15) is 9.59 Å². The second-order valence-electron chi connectivity index (χ2n) is 8.91. The minimum absolute atomic E-state index is 0.0311. The van der Waals surface area contributed by atoms with Crippen LogP contribution < -0.4 is 10.2 Å². The van der Waals surface area contributed by atoms with E-state index in [4.69, 9.17) is 0 Å². The van der Waals surface area contributed by atoms with Crippen molar-refractivity contribution < 1.29 is 9.59 Å². The highest BCUT2D eigenvalue weighted by atomic mass is 16.2. The molecule has 0 aromatic heterocycles. The zero-order valence-electron chi connectivity index (χ0n) is 18.8. The van der Waals surface area contributed by atoms with E-state index < -0.39 is 0 Å². The van der Waals surface area contributed by atoms with Gasteiger partial charge in [0.25, 0.3) is 0 Å². The summed E-state index contributed by atoms with van der Waals surface area (Å²) in [5.41, 5.74) is 5.39. The highest BCUT2D eigenvalue weighted by Crippen LogP contribution is 2.41. The Labute approximate surface area is 198 Å². The first-order chi connectivity index (χ1) is 16.7. The van der Waals surface area contributed by atoms with Crippen LogP contribution in [0.4, 0.5) is 11.4 Å². The number of carbonyl (C=O) groups is 2. The van der Waals surface area contributed by atoms with Crippen molar-refractivity contribution in [3.63, 3.8) is 0 Å². The number of benzene rings is 4. The van der Waals surface area contributed by atoms with E-state index in [-0.39, 0.29) is 11.7 Å². The summed E-state index contributed by atoms with van der Waals surface area (Å²) < 4.78 is 0. The molecule has 168 valence electrons. The molecule has 1 saturated heterocycles. The van der Waals surface area contributed by atoms with Crippen LogP contribution >= 0.6 is 0 Å². The number of ketones is 1. The standard InChI is InChI=1S/C29H25N3O2/c33-27(19-31-15-17-32(18-16-31)20-7-2-1-3-8-20)30-26-14-13-22-21-9-4-5-10-23(21)29(34)25-12-6-11-24(26)28(22)25/h1-14H,15-19H2,(H,30,33). The van der Waals surface area contributed by atoms with Crippen LogP contribution in [0.5, 0.6) is 0 Å². The summed E-state index contributed by atoms with van der Waals surface area (Å²) in [4.78, 5) is 30.6. The van der Waals surface area contributed by atoms with Gasteiger partial charge in [0.2, 0.25) is 5.91 Å². The second kappa shape index (κ2) is 8.43. The molecular formula is C29H25N3O2. The van der Waals surface area contributed by atoms with Gasteiger partial charge < -0.3 is 10.2 Å². The number of anilines is 2. The number of carbonyl (C=O) groups excluding carboxylic acids is 2. The Morgan fingerprint density at radius 3 is 2.21 bits per heavy atom. The van der Waals surface area contributed by atoms with Crippen molar-refractivity contribution in [1.29, 1.82) is 0 Å². The Balaban J connectivity index is 1.20. The molecular weight excluding hydrogens is 422 g/mol. The maximum Gasteiger partial charge on any atom is 0.238 e. The molecule has 0 atom stereocenters. The van der Waals surface area contributed by atoms with Crippen LogP contribution in [-0.4, -0.2) is 49.3 Å². The number of hydrogen-bond acceptors (Lipinski definition) is 4. The first kappa shape index (κ1) is 20.6. The van der Waals surface area contributed by atoms with Gasteiger partial charge in [0, 0.05) is 59.5 Å². The summed E-state index contributed by atoms with van der Waals surface area (Å²) in [6, 6.07) is 27.9. The van der Waals surface area contributed by atoms with E-state index in [0.717, 1.165) is 59.3 Å². The fourth-order valence-electron chi connectivity index (χ4n) is 5.19.